The molecule has 2 fully saturated rings. The van der Waals surface area contributed by atoms with Crippen LogP contribution in [0.15, 0.2) is 10.6 Å². The standard InChI is InChI=1S/C18H26N2O4/c21-17(22)9-8-14(10-12-4-2-1-3-5-12)19-18(23)16-11-15(20-24-16)13-6-7-13/h11-14H,1-10H2,(H,19,23)(H,21,22). The van der Waals surface area contributed by atoms with Crippen LogP contribution in [0.25, 0.3) is 0 Å². The zero-order chi connectivity index (χ0) is 16.9. The second-order valence-electron chi connectivity index (χ2n) is 7.23. The third-order valence-corrected chi connectivity index (χ3v) is 5.13. The predicted octanol–water partition coefficient (Wildman–Crippen LogP) is 3.49. The van der Waals surface area contributed by atoms with Gasteiger partial charge in [0, 0.05) is 24.4 Å². The Labute approximate surface area is 142 Å². The molecule has 2 saturated carbocycles. The van der Waals surface area contributed by atoms with Crippen molar-refractivity contribution >= 4 is 11.9 Å². The molecule has 0 bridgehead atoms. The zero-order valence-electron chi connectivity index (χ0n) is 14.0. The molecule has 1 heterocycles. The molecule has 1 aromatic heterocycles. The van der Waals surface area contributed by atoms with Crippen LogP contribution < -0.4 is 5.32 Å². The van der Waals surface area contributed by atoms with Crippen LogP contribution in [0.3, 0.4) is 0 Å². The number of nitrogens with zero attached hydrogens (tertiary/aromatic N) is 1. The molecular weight excluding hydrogens is 308 g/mol. The van der Waals surface area contributed by atoms with Crippen molar-refractivity contribution in [3.63, 3.8) is 0 Å². The number of carboxylic acid groups (broad SMARTS) is 1. The molecule has 1 amide bonds. The van der Waals surface area contributed by atoms with Crippen LogP contribution in [-0.2, 0) is 4.79 Å². The summed E-state index contributed by atoms with van der Waals surface area (Å²) in [4.78, 5) is 23.3. The van der Waals surface area contributed by atoms with Crippen LogP contribution in [0.4, 0.5) is 0 Å². The summed E-state index contributed by atoms with van der Waals surface area (Å²) in [6, 6.07) is 1.60. The largest absolute Gasteiger partial charge is 0.481 e. The first-order valence-electron chi connectivity index (χ1n) is 9.11. The molecule has 2 N–H and O–H groups in total. The van der Waals surface area contributed by atoms with Gasteiger partial charge in [-0.05, 0) is 31.6 Å². The van der Waals surface area contributed by atoms with Crippen molar-refractivity contribution in [1.82, 2.24) is 10.5 Å². The van der Waals surface area contributed by atoms with E-state index < -0.39 is 5.97 Å². The lowest BCUT2D eigenvalue weighted by Gasteiger charge is -2.26. The number of aromatic nitrogens is 1. The van der Waals surface area contributed by atoms with E-state index in [9.17, 15) is 9.59 Å². The number of carbonyl (C=O) groups excluding carboxylic acids is 1. The van der Waals surface area contributed by atoms with E-state index in [-0.39, 0.29) is 24.1 Å². The van der Waals surface area contributed by atoms with Gasteiger partial charge in [-0.3, -0.25) is 9.59 Å². The van der Waals surface area contributed by atoms with Gasteiger partial charge in [0.25, 0.3) is 5.91 Å². The summed E-state index contributed by atoms with van der Waals surface area (Å²) in [5.41, 5.74) is 0.856. The number of carboxylic acids is 1. The summed E-state index contributed by atoms with van der Waals surface area (Å²) in [6.07, 6.45) is 9.69. The van der Waals surface area contributed by atoms with Crippen molar-refractivity contribution in [3.8, 4) is 0 Å². The van der Waals surface area contributed by atoms with Crippen molar-refractivity contribution in [2.24, 2.45) is 5.92 Å². The highest BCUT2D eigenvalue weighted by molar-refractivity contribution is 5.91. The van der Waals surface area contributed by atoms with E-state index in [2.05, 4.69) is 10.5 Å². The Hall–Kier alpha value is -1.85. The molecule has 2 aliphatic rings. The lowest BCUT2D eigenvalue weighted by atomic mass is 9.84. The quantitative estimate of drug-likeness (QED) is 0.759. The summed E-state index contributed by atoms with van der Waals surface area (Å²) in [5.74, 6) is 0.157. The van der Waals surface area contributed by atoms with Gasteiger partial charge in [0.2, 0.25) is 5.76 Å². The fraction of sp³-hybridized carbons (Fsp3) is 0.722. The molecule has 1 atom stereocenters. The topological polar surface area (TPSA) is 92.4 Å². The van der Waals surface area contributed by atoms with Crippen molar-refractivity contribution in [2.75, 3.05) is 0 Å². The minimum atomic E-state index is -0.825. The molecule has 3 rings (SSSR count). The molecule has 24 heavy (non-hydrogen) atoms. The summed E-state index contributed by atoms with van der Waals surface area (Å²) in [7, 11) is 0. The monoisotopic (exact) mass is 334 g/mol. The van der Waals surface area contributed by atoms with Crippen LogP contribution in [0.5, 0.6) is 0 Å². The van der Waals surface area contributed by atoms with Crippen LogP contribution >= 0.6 is 0 Å². The molecule has 1 unspecified atom stereocenters. The van der Waals surface area contributed by atoms with Gasteiger partial charge in [0.15, 0.2) is 0 Å². The highest BCUT2D eigenvalue weighted by atomic mass is 16.5. The minimum Gasteiger partial charge on any atom is -0.481 e. The normalized spacial score (nSPS) is 19.8. The Bertz CT molecular complexity index is 573. The van der Waals surface area contributed by atoms with E-state index in [1.807, 2.05) is 0 Å². The molecule has 0 saturated heterocycles. The van der Waals surface area contributed by atoms with Crippen molar-refractivity contribution < 1.29 is 19.2 Å². The van der Waals surface area contributed by atoms with Gasteiger partial charge in [0.1, 0.15) is 0 Å². The van der Waals surface area contributed by atoms with E-state index in [0.717, 1.165) is 25.0 Å². The van der Waals surface area contributed by atoms with Gasteiger partial charge in [-0.2, -0.15) is 0 Å². The number of aliphatic carboxylic acids is 1. The number of carbonyl (C=O) groups is 2. The third kappa shape index (κ3) is 4.82. The van der Waals surface area contributed by atoms with Crippen LogP contribution in [0.1, 0.15) is 86.4 Å². The molecule has 2 aliphatic carbocycles. The maximum absolute atomic E-state index is 12.4. The Morgan fingerprint density at radius 1 is 1.25 bits per heavy atom. The van der Waals surface area contributed by atoms with Crippen molar-refractivity contribution in [2.45, 2.75) is 76.2 Å². The van der Waals surface area contributed by atoms with E-state index in [1.165, 1.54) is 32.1 Å². The smallest absolute Gasteiger partial charge is 0.303 e. The van der Waals surface area contributed by atoms with Crippen LogP contribution in [0, 0.1) is 5.92 Å². The molecule has 0 aromatic carbocycles. The first-order valence-corrected chi connectivity index (χ1v) is 9.11. The van der Waals surface area contributed by atoms with E-state index in [1.54, 1.807) is 6.07 Å². The Kier molecular flexibility index (Phi) is 5.53. The van der Waals surface area contributed by atoms with Gasteiger partial charge < -0.3 is 14.9 Å². The Morgan fingerprint density at radius 2 is 2.00 bits per heavy atom. The second-order valence-corrected chi connectivity index (χ2v) is 7.23. The number of hydrogen-bond acceptors (Lipinski definition) is 4. The molecule has 0 aliphatic heterocycles. The van der Waals surface area contributed by atoms with Crippen molar-refractivity contribution in [1.29, 1.82) is 0 Å². The average molecular weight is 334 g/mol. The number of rotatable bonds is 8. The predicted molar refractivity (Wildman–Crippen MR) is 87.8 cm³/mol. The van der Waals surface area contributed by atoms with Crippen LogP contribution in [-0.4, -0.2) is 28.2 Å². The summed E-state index contributed by atoms with van der Waals surface area (Å²) < 4.78 is 5.17. The van der Waals surface area contributed by atoms with Gasteiger partial charge in [-0.25, -0.2) is 0 Å². The zero-order valence-corrected chi connectivity index (χ0v) is 14.0. The lowest BCUT2D eigenvalue weighted by Crippen LogP contribution is -2.37. The van der Waals surface area contributed by atoms with E-state index >= 15 is 0 Å². The van der Waals surface area contributed by atoms with Crippen molar-refractivity contribution in [3.05, 3.63) is 17.5 Å². The highest BCUT2D eigenvalue weighted by Gasteiger charge is 2.29. The molecule has 6 heteroatoms. The fourth-order valence-electron chi connectivity index (χ4n) is 3.60. The molecule has 0 radical (unpaired) electrons. The summed E-state index contributed by atoms with van der Waals surface area (Å²) >= 11 is 0. The Morgan fingerprint density at radius 3 is 2.67 bits per heavy atom. The average Bonchev–Trinajstić information content (AvgIpc) is 3.30. The van der Waals surface area contributed by atoms with Gasteiger partial charge in [-0.1, -0.05) is 37.3 Å². The SMILES string of the molecule is O=C(O)CCC(CC1CCCCC1)NC(=O)c1cc(C2CC2)no1. The molecule has 132 valence electrons. The molecule has 1 aromatic rings. The highest BCUT2D eigenvalue weighted by Crippen LogP contribution is 2.39. The van der Waals surface area contributed by atoms with Gasteiger partial charge in [0.05, 0.1) is 5.69 Å². The second kappa shape index (κ2) is 7.81. The number of nitrogens with one attached hydrogen (secondary N) is 1. The Balaban J connectivity index is 1.57. The van der Waals surface area contributed by atoms with E-state index in [0.29, 0.717) is 18.3 Å². The minimum absolute atomic E-state index is 0.0708. The number of hydrogen-bond donors (Lipinski definition) is 2. The fourth-order valence-corrected chi connectivity index (χ4v) is 3.60. The third-order valence-electron chi connectivity index (χ3n) is 5.13. The number of amides is 1. The molecule has 6 nitrogen and oxygen atoms in total. The van der Waals surface area contributed by atoms with Gasteiger partial charge in [-0.15, -0.1) is 0 Å². The van der Waals surface area contributed by atoms with E-state index in [4.69, 9.17) is 9.63 Å². The van der Waals surface area contributed by atoms with Gasteiger partial charge >= 0.3 is 5.97 Å². The maximum atomic E-state index is 12.4. The maximum Gasteiger partial charge on any atom is 0.303 e. The lowest BCUT2D eigenvalue weighted by molar-refractivity contribution is -0.137. The first kappa shape index (κ1) is 17.0. The molecular formula is C18H26N2O4. The van der Waals surface area contributed by atoms with Crippen LogP contribution in [0.2, 0.25) is 0 Å². The summed E-state index contributed by atoms with van der Waals surface area (Å²) in [5, 5.41) is 15.9. The first-order chi connectivity index (χ1) is 11.6. The summed E-state index contributed by atoms with van der Waals surface area (Å²) in [6.45, 7) is 0. The molecule has 0 spiro atoms.